The van der Waals surface area contributed by atoms with Crippen molar-refractivity contribution in [2.45, 2.75) is 4.90 Å². The molecule has 28 heavy (non-hydrogen) atoms. The van der Waals surface area contributed by atoms with E-state index in [1.165, 1.54) is 19.2 Å². The molecule has 1 fully saturated rings. The SMILES string of the molecule is CNS(=O)(=O)c1ccc(N2CCN(c3ccc(OC)cc3)CC2)c([N+](=O)[O-])c1. The van der Waals surface area contributed by atoms with Crippen LogP contribution in [-0.4, -0.2) is 53.7 Å². The molecule has 2 aromatic carbocycles. The van der Waals surface area contributed by atoms with Gasteiger partial charge in [0.05, 0.1) is 16.9 Å². The van der Waals surface area contributed by atoms with Crippen molar-refractivity contribution in [3.05, 3.63) is 52.6 Å². The number of nitrogens with zero attached hydrogens (tertiary/aromatic N) is 3. The molecule has 0 radical (unpaired) electrons. The molecule has 0 aromatic heterocycles. The Morgan fingerprint density at radius 3 is 2.18 bits per heavy atom. The molecule has 0 bridgehead atoms. The van der Waals surface area contributed by atoms with E-state index in [1.807, 2.05) is 29.2 Å². The van der Waals surface area contributed by atoms with Crippen molar-refractivity contribution in [3.8, 4) is 5.75 Å². The van der Waals surface area contributed by atoms with Crippen molar-refractivity contribution in [2.75, 3.05) is 50.1 Å². The lowest BCUT2D eigenvalue weighted by atomic mass is 10.2. The quantitative estimate of drug-likeness (QED) is 0.576. The number of nitro groups is 1. The first kappa shape index (κ1) is 19.9. The second-order valence-corrected chi connectivity index (χ2v) is 8.17. The smallest absolute Gasteiger partial charge is 0.293 e. The van der Waals surface area contributed by atoms with Crippen molar-refractivity contribution >= 4 is 27.1 Å². The van der Waals surface area contributed by atoms with Crippen molar-refractivity contribution < 1.29 is 18.1 Å². The highest BCUT2D eigenvalue weighted by Crippen LogP contribution is 2.32. The van der Waals surface area contributed by atoms with E-state index in [2.05, 4.69) is 9.62 Å². The van der Waals surface area contributed by atoms with Crippen molar-refractivity contribution in [1.29, 1.82) is 0 Å². The van der Waals surface area contributed by atoms with E-state index in [-0.39, 0.29) is 10.6 Å². The van der Waals surface area contributed by atoms with Crippen LogP contribution >= 0.6 is 0 Å². The molecule has 1 heterocycles. The predicted molar refractivity (Wildman–Crippen MR) is 107 cm³/mol. The van der Waals surface area contributed by atoms with Gasteiger partial charge >= 0.3 is 0 Å². The van der Waals surface area contributed by atoms with Crippen LogP contribution in [0.25, 0.3) is 0 Å². The van der Waals surface area contributed by atoms with Crippen molar-refractivity contribution in [3.63, 3.8) is 0 Å². The molecule has 1 aliphatic rings. The van der Waals surface area contributed by atoms with Gasteiger partial charge in [0.2, 0.25) is 10.0 Å². The number of hydrogen-bond donors (Lipinski definition) is 1. The van der Waals surface area contributed by atoms with Gasteiger partial charge in [-0.1, -0.05) is 0 Å². The molecule has 2 aromatic rings. The molecule has 150 valence electrons. The summed E-state index contributed by atoms with van der Waals surface area (Å²) in [5.41, 5.74) is 1.27. The molecular formula is C18H22N4O5S. The number of nitrogens with one attached hydrogen (secondary N) is 1. The summed E-state index contributed by atoms with van der Waals surface area (Å²) < 4.78 is 31.2. The maximum absolute atomic E-state index is 11.9. The van der Waals surface area contributed by atoms with E-state index in [9.17, 15) is 18.5 Å². The van der Waals surface area contributed by atoms with E-state index >= 15 is 0 Å². The Bertz CT molecular complexity index is 954. The third-order valence-corrected chi connectivity index (χ3v) is 6.19. The summed E-state index contributed by atoms with van der Waals surface area (Å²) >= 11 is 0. The zero-order chi connectivity index (χ0) is 20.3. The van der Waals surface area contributed by atoms with Crippen LogP contribution in [0.1, 0.15) is 0 Å². The molecule has 0 unspecified atom stereocenters. The third kappa shape index (κ3) is 4.02. The topological polar surface area (TPSA) is 105 Å². The predicted octanol–water partition coefficient (Wildman–Crippen LogP) is 1.84. The molecule has 1 N–H and O–H groups in total. The van der Waals surface area contributed by atoms with Gasteiger partial charge in [-0.3, -0.25) is 10.1 Å². The monoisotopic (exact) mass is 406 g/mol. The van der Waals surface area contributed by atoms with Crippen molar-refractivity contribution in [1.82, 2.24) is 4.72 Å². The summed E-state index contributed by atoms with van der Waals surface area (Å²) in [6.45, 7) is 2.57. The van der Waals surface area contributed by atoms with Crippen LogP contribution in [0.15, 0.2) is 47.4 Å². The number of methoxy groups -OCH3 is 1. The number of sulfonamides is 1. The summed E-state index contributed by atoms with van der Waals surface area (Å²) in [6.07, 6.45) is 0. The summed E-state index contributed by atoms with van der Waals surface area (Å²) in [7, 11) is -0.854. The summed E-state index contributed by atoms with van der Waals surface area (Å²) in [5.74, 6) is 0.787. The Balaban J connectivity index is 1.78. The summed E-state index contributed by atoms with van der Waals surface area (Å²) in [6, 6.07) is 11.8. The van der Waals surface area contributed by atoms with Gasteiger partial charge in [-0.25, -0.2) is 13.1 Å². The number of hydrogen-bond acceptors (Lipinski definition) is 7. The Morgan fingerprint density at radius 1 is 1.04 bits per heavy atom. The number of ether oxygens (including phenoxy) is 1. The van der Waals surface area contributed by atoms with Crippen molar-refractivity contribution in [2.24, 2.45) is 0 Å². The minimum atomic E-state index is -3.74. The van der Waals surface area contributed by atoms with Crippen LogP contribution in [-0.2, 0) is 10.0 Å². The fourth-order valence-electron chi connectivity index (χ4n) is 3.20. The Labute approximate surface area is 163 Å². The number of rotatable bonds is 6. The van der Waals surface area contributed by atoms with Crippen LogP contribution in [0.3, 0.4) is 0 Å². The standard InChI is InChI=1S/C18H22N4O5S/c1-19-28(25,26)16-7-8-17(18(13-16)22(23)24)21-11-9-20(10-12-21)14-3-5-15(27-2)6-4-14/h3-8,13,19H,9-12H2,1-2H3. The van der Waals surface area contributed by atoms with E-state index in [1.54, 1.807) is 7.11 Å². The molecule has 1 saturated heterocycles. The highest BCUT2D eigenvalue weighted by Gasteiger charge is 2.26. The Morgan fingerprint density at radius 2 is 1.64 bits per heavy atom. The van der Waals surface area contributed by atoms with Gasteiger partial charge in [-0.05, 0) is 43.4 Å². The first-order valence-electron chi connectivity index (χ1n) is 8.71. The van der Waals surface area contributed by atoms with Crippen LogP contribution < -0.4 is 19.3 Å². The molecule has 0 atom stereocenters. The van der Waals surface area contributed by atoms with Gasteiger partial charge in [-0.2, -0.15) is 0 Å². The van der Waals surface area contributed by atoms with Crippen LogP contribution in [0.4, 0.5) is 17.1 Å². The average Bonchev–Trinajstić information content (AvgIpc) is 2.73. The summed E-state index contributed by atoms with van der Waals surface area (Å²) in [4.78, 5) is 15.0. The fraction of sp³-hybridized carbons (Fsp3) is 0.333. The zero-order valence-corrected chi connectivity index (χ0v) is 16.5. The molecule has 0 amide bonds. The highest BCUT2D eigenvalue weighted by molar-refractivity contribution is 7.89. The molecule has 3 rings (SSSR count). The van der Waals surface area contributed by atoms with Gasteiger partial charge in [-0.15, -0.1) is 0 Å². The second-order valence-electron chi connectivity index (χ2n) is 6.29. The van der Waals surface area contributed by atoms with Crippen LogP contribution in [0.5, 0.6) is 5.75 Å². The Kier molecular flexibility index (Phi) is 5.71. The summed E-state index contributed by atoms with van der Waals surface area (Å²) in [5, 5.41) is 11.5. The average molecular weight is 406 g/mol. The molecule has 0 saturated carbocycles. The molecule has 0 aliphatic carbocycles. The zero-order valence-electron chi connectivity index (χ0n) is 15.7. The normalized spacial score (nSPS) is 14.8. The first-order chi connectivity index (χ1) is 13.4. The molecule has 0 spiro atoms. The minimum Gasteiger partial charge on any atom is -0.497 e. The second kappa shape index (κ2) is 8.03. The maximum atomic E-state index is 11.9. The lowest BCUT2D eigenvalue weighted by Crippen LogP contribution is -2.46. The molecule has 1 aliphatic heterocycles. The lowest BCUT2D eigenvalue weighted by molar-refractivity contribution is -0.384. The number of piperazine rings is 1. The Hall–Kier alpha value is -2.85. The van der Waals surface area contributed by atoms with E-state index < -0.39 is 14.9 Å². The van der Waals surface area contributed by atoms with Gasteiger partial charge in [0.25, 0.3) is 5.69 Å². The minimum absolute atomic E-state index is 0.123. The number of anilines is 2. The van der Waals surface area contributed by atoms with Crippen LogP contribution in [0, 0.1) is 10.1 Å². The lowest BCUT2D eigenvalue weighted by Gasteiger charge is -2.37. The van der Waals surface area contributed by atoms with E-state index in [0.717, 1.165) is 17.5 Å². The largest absolute Gasteiger partial charge is 0.497 e. The molecular weight excluding hydrogens is 384 g/mol. The van der Waals surface area contributed by atoms with E-state index in [4.69, 9.17) is 4.74 Å². The molecule has 9 nitrogen and oxygen atoms in total. The van der Waals surface area contributed by atoms with Gasteiger partial charge in [0, 0.05) is 37.9 Å². The number of benzene rings is 2. The van der Waals surface area contributed by atoms with Crippen LogP contribution in [0.2, 0.25) is 0 Å². The highest BCUT2D eigenvalue weighted by atomic mass is 32.2. The van der Waals surface area contributed by atoms with Gasteiger partial charge in [0.15, 0.2) is 0 Å². The molecule has 10 heteroatoms. The maximum Gasteiger partial charge on any atom is 0.293 e. The third-order valence-electron chi connectivity index (χ3n) is 4.78. The fourth-order valence-corrected chi connectivity index (χ4v) is 3.95. The van der Waals surface area contributed by atoms with Gasteiger partial charge in [0.1, 0.15) is 11.4 Å². The number of nitro benzene ring substituents is 1. The van der Waals surface area contributed by atoms with E-state index in [0.29, 0.717) is 31.9 Å². The first-order valence-corrected chi connectivity index (χ1v) is 10.2. The van der Waals surface area contributed by atoms with Gasteiger partial charge < -0.3 is 14.5 Å².